The second-order valence-corrected chi connectivity index (χ2v) is 8.17. The molecule has 1 aromatic heterocycles. The summed E-state index contributed by atoms with van der Waals surface area (Å²) >= 11 is 0. The normalized spacial score (nSPS) is 18.7. The van der Waals surface area contributed by atoms with Crippen molar-refractivity contribution in [2.24, 2.45) is 16.8 Å². The summed E-state index contributed by atoms with van der Waals surface area (Å²) in [7, 11) is 0. The van der Waals surface area contributed by atoms with Gasteiger partial charge < -0.3 is 9.88 Å². The molecule has 2 unspecified atom stereocenters. The molecule has 0 bridgehead atoms. The number of hydrogen-bond donors (Lipinski definition) is 1. The predicted molar refractivity (Wildman–Crippen MR) is 118 cm³/mol. The number of imidazole rings is 1. The van der Waals surface area contributed by atoms with Crippen LogP contribution in [0.25, 0.3) is 11.3 Å². The van der Waals surface area contributed by atoms with Crippen LogP contribution in [0.2, 0.25) is 0 Å². The van der Waals surface area contributed by atoms with Crippen LogP contribution in [0.1, 0.15) is 58.8 Å². The molecular weight excluding hydrogens is 344 g/mol. The molecule has 1 saturated heterocycles. The number of nitrogens with one attached hydrogen (secondary N) is 1. The summed E-state index contributed by atoms with van der Waals surface area (Å²) in [5, 5.41) is 0. The summed E-state index contributed by atoms with van der Waals surface area (Å²) in [6.07, 6.45) is 5.26. The van der Waals surface area contributed by atoms with E-state index < -0.39 is 0 Å². The zero-order chi connectivity index (χ0) is 20.1. The van der Waals surface area contributed by atoms with E-state index in [0.29, 0.717) is 11.8 Å². The molecule has 0 saturated carbocycles. The van der Waals surface area contributed by atoms with Gasteiger partial charge in [0.05, 0.1) is 17.9 Å². The molecule has 2 aromatic rings. The van der Waals surface area contributed by atoms with Crippen molar-refractivity contribution in [1.29, 1.82) is 0 Å². The first-order valence-corrected chi connectivity index (χ1v) is 10.6. The minimum absolute atomic E-state index is 0.280. The van der Waals surface area contributed by atoms with Crippen LogP contribution >= 0.6 is 0 Å². The fourth-order valence-electron chi connectivity index (χ4n) is 3.95. The Morgan fingerprint density at radius 1 is 1.32 bits per heavy atom. The maximum atomic E-state index is 4.80. The largest absolute Gasteiger partial charge is 0.365 e. The van der Waals surface area contributed by atoms with Gasteiger partial charge in [0, 0.05) is 30.4 Å². The number of hydrogen-bond acceptors (Lipinski definition) is 3. The Kier molecular flexibility index (Phi) is 6.71. The molecule has 1 aliphatic heterocycles. The van der Waals surface area contributed by atoms with Gasteiger partial charge in [0.1, 0.15) is 5.82 Å². The molecule has 2 heterocycles. The zero-order valence-electron chi connectivity index (χ0n) is 17.8. The van der Waals surface area contributed by atoms with Crippen molar-refractivity contribution in [1.82, 2.24) is 14.9 Å². The minimum Gasteiger partial charge on any atom is -0.365 e. The van der Waals surface area contributed by atoms with Gasteiger partial charge in [-0.15, -0.1) is 0 Å². The van der Waals surface area contributed by atoms with Gasteiger partial charge in [-0.25, -0.2) is 4.98 Å². The first-order chi connectivity index (χ1) is 13.5. The lowest BCUT2D eigenvalue weighted by atomic mass is 9.91. The summed E-state index contributed by atoms with van der Waals surface area (Å²) < 4.78 is 0. The molecule has 1 N–H and O–H groups in total. The lowest BCUT2D eigenvalue weighted by Crippen LogP contribution is -2.30. The standard InChI is InChI=1S/C24H34N4/c1-6-18(4)25-15-21(17(2)3)19(5)28-14-10-13-23(28)24-26-16-22(27-24)20-11-8-7-9-12-20/h7-9,11-12,16-17,21,23H,5-6,10,13-15H2,1-4H3,(H,26,27). The minimum atomic E-state index is 0.280. The Balaban J connectivity index is 1.78. The van der Waals surface area contributed by atoms with Gasteiger partial charge in [-0.1, -0.05) is 57.7 Å². The third kappa shape index (κ3) is 4.54. The average molecular weight is 379 g/mol. The summed E-state index contributed by atoms with van der Waals surface area (Å²) in [5.41, 5.74) is 4.68. The summed E-state index contributed by atoms with van der Waals surface area (Å²) in [6, 6.07) is 10.7. The van der Waals surface area contributed by atoms with Gasteiger partial charge in [0.15, 0.2) is 0 Å². The number of aromatic nitrogens is 2. The second-order valence-electron chi connectivity index (χ2n) is 8.17. The number of benzene rings is 1. The van der Waals surface area contributed by atoms with E-state index in [2.05, 4.69) is 68.4 Å². The molecule has 0 spiro atoms. The Bertz CT molecular complexity index is 803. The van der Waals surface area contributed by atoms with Gasteiger partial charge in [0.25, 0.3) is 0 Å². The first kappa shape index (κ1) is 20.4. The number of H-pyrrole nitrogens is 1. The highest BCUT2D eigenvalue weighted by Crippen LogP contribution is 2.37. The van der Waals surface area contributed by atoms with Crippen molar-refractivity contribution in [3.8, 4) is 11.3 Å². The van der Waals surface area contributed by atoms with Crippen LogP contribution in [0, 0.1) is 11.8 Å². The quantitative estimate of drug-likeness (QED) is 0.584. The molecule has 0 radical (unpaired) electrons. The fourth-order valence-corrected chi connectivity index (χ4v) is 3.95. The van der Waals surface area contributed by atoms with E-state index in [1.165, 1.54) is 23.4 Å². The predicted octanol–water partition coefficient (Wildman–Crippen LogP) is 5.87. The monoisotopic (exact) mass is 378 g/mol. The fraction of sp³-hybridized carbons (Fsp3) is 0.500. The van der Waals surface area contributed by atoms with E-state index in [9.17, 15) is 0 Å². The highest BCUT2D eigenvalue weighted by molar-refractivity contribution is 5.81. The Labute approximate surface area is 169 Å². The van der Waals surface area contributed by atoms with Gasteiger partial charge in [0.2, 0.25) is 0 Å². The van der Waals surface area contributed by atoms with Gasteiger partial charge in [-0.05, 0) is 37.7 Å². The molecule has 0 amide bonds. The maximum Gasteiger partial charge on any atom is 0.129 e. The molecule has 28 heavy (non-hydrogen) atoms. The zero-order valence-corrected chi connectivity index (χ0v) is 17.8. The molecule has 150 valence electrons. The SMILES string of the molecule is C=C(C(CN=C(C)CC)C(C)C)N1CCCC1c1ncc(-c2ccccc2)[nH]1. The van der Waals surface area contributed by atoms with Gasteiger partial charge in [-0.3, -0.25) is 4.99 Å². The summed E-state index contributed by atoms with van der Waals surface area (Å²) in [4.78, 5) is 15.6. The van der Waals surface area contributed by atoms with E-state index in [-0.39, 0.29) is 6.04 Å². The van der Waals surface area contributed by atoms with E-state index in [1.54, 1.807) is 0 Å². The van der Waals surface area contributed by atoms with E-state index >= 15 is 0 Å². The second kappa shape index (κ2) is 9.22. The van der Waals surface area contributed by atoms with Crippen LogP contribution in [0.4, 0.5) is 0 Å². The number of likely N-dealkylation sites (tertiary alicyclic amines) is 1. The van der Waals surface area contributed by atoms with Crippen LogP contribution in [-0.2, 0) is 0 Å². The summed E-state index contributed by atoms with van der Waals surface area (Å²) in [5.74, 6) is 1.93. The molecule has 1 fully saturated rings. The topological polar surface area (TPSA) is 44.3 Å². The first-order valence-electron chi connectivity index (χ1n) is 10.6. The molecule has 0 aliphatic carbocycles. The van der Waals surface area contributed by atoms with Crippen molar-refractivity contribution >= 4 is 5.71 Å². The van der Waals surface area contributed by atoms with Crippen molar-refractivity contribution < 1.29 is 0 Å². The molecule has 1 aliphatic rings. The molecular formula is C24H34N4. The summed E-state index contributed by atoms with van der Waals surface area (Å²) in [6.45, 7) is 15.2. The van der Waals surface area contributed by atoms with E-state index in [0.717, 1.165) is 37.4 Å². The third-order valence-electron chi connectivity index (χ3n) is 5.92. The molecule has 3 rings (SSSR count). The van der Waals surface area contributed by atoms with Gasteiger partial charge >= 0.3 is 0 Å². The van der Waals surface area contributed by atoms with Gasteiger partial charge in [-0.2, -0.15) is 0 Å². The van der Waals surface area contributed by atoms with E-state index in [1.807, 2.05) is 12.3 Å². The van der Waals surface area contributed by atoms with Crippen LogP contribution < -0.4 is 0 Å². The van der Waals surface area contributed by atoms with Crippen molar-refractivity contribution in [2.45, 2.75) is 53.0 Å². The van der Waals surface area contributed by atoms with E-state index in [4.69, 9.17) is 9.98 Å². The molecule has 2 atom stereocenters. The number of nitrogens with zero attached hydrogens (tertiary/aromatic N) is 3. The Hall–Kier alpha value is -2.36. The van der Waals surface area contributed by atoms with Crippen LogP contribution in [0.3, 0.4) is 0 Å². The number of aromatic amines is 1. The molecule has 4 heteroatoms. The van der Waals surface area contributed by atoms with Crippen molar-refractivity contribution in [2.75, 3.05) is 13.1 Å². The average Bonchev–Trinajstić information content (AvgIpc) is 3.37. The molecule has 1 aromatic carbocycles. The number of rotatable bonds is 8. The van der Waals surface area contributed by atoms with Crippen molar-refractivity contribution in [3.63, 3.8) is 0 Å². The Morgan fingerprint density at radius 3 is 2.75 bits per heavy atom. The highest BCUT2D eigenvalue weighted by Gasteiger charge is 2.32. The van der Waals surface area contributed by atoms with Crippen LogP contribution in [0.5, 0.6) is 0 Å². The van der Waals surface area contributed by atoms with Crippen molar-refractivity contribution in [3.05, 3.63) is 54.6 Å². The third-order valence-corrected chi connectivity index (χ3v) is 5.92. The Morgan fingerprint density at radius 2 is 2.07 bits per heavy atom. The molecule has 4 nitrogen and oxygen atoms in total. The maximum absolute atomic E-state index is 4.80. The van der Waals surface area contributed by atoms with Crippen LogP contribution in [0.15, 0.2) is 53.8 Å². The smallest absolute Gasteiger partial charge is 0.129 e. The number of aliphatic imine (C=N–C) groups is 1. The highest BCUT2D eigenvalue weighted by atomic mass is 15.2. The van der Waals surface area contributed by atoms with Crippen LogP contribution in [-0.4, -0.2) is 33.7 Å². The lowest BCUT2D eigenvalue weighted by molar-refractivity contribution is 0.257. The lowest BCUT2D eigenvalue weighted by Gasteiger charge is -2.33.